The maximum Gasteiger partial charge on any atom is 0.232 e. The van der Waals surface area contributed by atoms with Crippen LogP contribution in [0.1, 0.15) is 5.69 Å². The third-order valence-electron chi connectivity index (χ3n) is 3.40. The Kier molecular flexibility index (Phi) is 5.21. The lowest BCUT2D eigenvalue weighted by Gasteiger charge is -1.99. The molecule has 1 amide bonds. The highest BCUT2D eigenvalue weighted by Gasteiger charge is 2.13. The normalized spacial score (nSPS) is 10.8. The second kappa shape index (κ2) is 7.75. The lowest BCUT2D eigenvalue weighted by atomic mass is 10.2. The fourth-order valence-corrected chi connectivity index (χ4v) is 4.93. The topological polar surface area (TPSA) is 67.8 Å². The van der Waals surface area contributed by atoms with Gasteiger partial charge < -0.3 is 5.32 Å². The zero-order chi connectivity index (χ0) is 17.9. The van der Waals surface area contributed by atoms with Crippen molar-refractivity contribution in [1.29, 1.82) is 0 Å². The summed E-state index contributed by atoms with van der Waals surface area (Å²) in [6.45, 7) is 0. The number of halogens is 1. The number of benzene rings is 1. The third kappa shape index (κ3) is 4.07. The van der Waals surface area contributed by atoms with Crippen molar-refractivity contribution < 1.29 is 4.79 Å². The standard InChI is InChI=1S/C17H11BrN4OS3/c18-12-3-1-2-10(6-12)15-19-13(9-25-15)7-14(23)20-17-22-21-16(26-17)11-4-5-24-8-11/h1-6,8-9H,7H2,(H,20,22,23). The number of thiazole rings is 1. The van der Waals surface area contributed by atoms with E-state index in [0.29, 0.717) is 5.13 Å². The molecule has 0 aliphatic rings. The highest BCUT2D eigenvalue weighted by Crippen LogP contribution is 2.28. The van der Waals surface area contributed by atoms with E-state index in [9.17, 15) is 4.79 Å². The monoisotopic (exact) mass is 462 g/mol. The van der Waals surface area contributed by atoms with Gasteiger partial charge in [-0.3, -0.25) is 4.79 Å². The first-order valence-electron chi connectivity index (χ1n) is 7.53. The first kappa shape index (κ1) is 17.5. The predicted molar refractivity (Wildman–Crippen MR) is 111 cm³/mol. The quantitative estimate of drug-likeness (QED) is 0.434. The Hall–Kier alpha value is -1.94. The molecule has 3 heterocycles. The highest BCUT2D eigenvalue weighted by molar-refractivity contribution is 9.10. The van der Waals surface area contributed by atoms with Gasteiger partial charge in [-0.15, -0.1) is 21.5 Å². The van der Waals surface area contributed by atoms with Crippen LogP contribution in [0.4, 0.5) is 5.13 Å². The SMILES string of the molecule is O=C(Cc1csc(-c2cccc(Br)c2)n1)Nc1nnc(-c2ccsc2)s1. The van der Waals surface area contributed by atoms with Crippen molar-refractivity contribution in [2.75, 3.05) is 5.32 Å². The van der Waals surface area contributed by atoms with Crippen LogP contribution in [-0.2, 0) is 11.2 Å². The average Bonchev–Trinajstić information content (AvgIpc) is 3.36. The van der Waals surface area contributed by atoms with Crippen molar-refractivity contribution >= 4 is 61.0 Å². The van der Waals surface area contributed by atoms with Crippen LogP contribution in [0.25, 0.3) is 21.1 Å². The van der Waals surface area contributed by atoms with E-state index < -0.39 is 0 Å². The van der Waals surface area contributed by atoms with E-state index in [1.807, 2.05) is 46.5 Å². The van der Waals surface area contributed by atoms with Gasteiger partial charge in [-0.2, -0.15) is 11.3 Å². The van der Waals surface area contributed by atoms with Crippen LogP contribution in [0.3, 0.4) is 0 Å². The Balaban J connectivity index is 1.41. The van der Waals surface area contributed by atoms with Gasteiger partial charge >= 0.3 is 0 Å². The molecule has 4 aromatic rings. The zero-order valence-electron chi connectivity index (χ0n) is 13.2. The first-order valence-corrected chi connectivity index (χ1v) is 11.0. The molecular weight excluding hydrogens is 452 g/mol. The molecule has 3 aromatic heterocycles. The van der Waals surface area contributed by atoms with Crippen molar-refractivity contribution in [2.45, 2.75) is 6.42 Å². The Labute approximate surface area is 169 Å². The van der Waals surface area contributed by atoms with Gasteiger partial charge in [-0.05, 0) is 23.6 Å². The van der Waals surface area contributed by atoms with Gasteiger partial charge in [0.1, 0.15) is 10.0 Å². The molecule has 0 fully saturated rings. The fourth-order valence-electron chi connectivity index (χ4n) is 2.25. The summed E-state index contributed by atoms with van der Waals surface area (Å²) in [5.41, 5.74) is 2.79. The predicted octanol–water partition coefficient (Wildman–Crippen LogP) is 5.33. The summed E-state index contributed by atoms with van der Waals surface area (Å²) in [6, 6.07) is 9.93. The molecule has 0 radical (unpaired) electrons. The zero-order valence-corrected chi connectivity index (χ0v) is 17.2. The molecule has 9 heteroatoms. The third-order valence-corrected chi connectivity index (χ3v) is 6.41. The van der Waals surface area contributed by atoms with Crippen molar-refractivity contribution in [2.24, 2.45) is 0 Å². The number of carbonyl (C=O) groups excluding carboxylic acids is 1. The van der Waals surface area contributed by atoms with Gasteiger partial charge in [0.05, 0.1) is 12.1 Å². The van der Waals surface area contributed by atoms with Crippen LogP contribution in [0, 0.1) is 0 Å². The number of hydrogen-bond donors (Lipinski definition) is 1. The molecule has 0 spiro atoms. The van der Waals surface area contributed by atoms with E-state index >= 15 is 0 Å². The Bertz CT molecular complexity index is 1040. The Morgan fingerprint density at radius 3 is 2.85 bits per heavy atom. The number of amides is 1. The van der Waals surface area contributed by atoms with Crippen LogP contribution in [0.15, 0.2) is 50.9 Å². The van der Waals surface area contributed by atoms with Gasteiger partial charge in [0.2, 0.25) is 11.0 Å². The summed E-state index contributed by atoms with van der Waals surface area (Å²) in [7, 11) is 0. The number of carbonyl (C=O) groups is 1. The largest absolute Gasteiger partial charge is 0.300 e. The number of nitrogens with one attached hydrogen (secondary N) is 1. The molecular formula is C17H11BrN4OS3. The van der Waals surface area contributed by atoms with Crippen LogP contribution in [0.5, 0.6) is 0 Å². The minimum Gasteiger partial charge on any atom is -0.300 e. The smallest absolute Gasteiger partial charge is 0.232 e. The van der Waals surface area contributed by atoms with E-state index in [1.165, 1.54) is 22.7 Å². The molecule has 5 nitrogen and oxygen atoms in total. The summed E-state index contributed by atoms with van der Waals surface area (Å²) < 4.78 is 1.00. The van der Waals surface area contributed by atoms with Crippen molar-refractivity contribution in [3.05, 3.63) is 56.6 Å². The second-order valence-electron chi connectivity index (χ2n) is 5.30. The van der Waals surface area contributed by atoms with Gasteiger partial charge in [0.25, 0.3) is 0 Å². The molecule has 0 aliphatic heterocycles. The lowest BCUT2D eigenvalue weighted by Crippen LogP contribution is -2.14. The van der Waals surface area contributed by atoms with E-state index in [2.05, 4.69) is 36.4 Å². The first-order chi connectivity index (χ1) is 12.7. The lowest BCUT2D eigenvalue weighted by molar-refractivity contribution is -0.115. The molecule has 0 unspecified atom stereocenters. The second-order valence-corrected chi connectivity index (χ2v) is 8.84. The molecule has 1 aromatic carbocycles. The van der Waals surface area contributed by atoms with E-state index in [4.69, 9.17) is 0 Å². The maximum atomic E-state index is 12.3. The van der Waals surface area contributed by atoms with Crippen molar-refractivity contribution in [1.82, 2.24) is 15.2 Å². The number of hydrogen-bond acceptors (Lipinski definition) is 7. The minimum absolute atomic E-state index is 0.149. The van der Waals surface area contributed by atoms with Gasteiger partial charge in [-0.1, -0.05) is 39.4 Å². The molecule has 26 heavy (non-hydrogen) atoms. The molecule has 130 valence electrons. The van der Waals surface area contributed by atoms with Crippen molar-refractivity contribution in [3.63, 3.8) is 0 Å². The summed E-state index contributed by atoms with van der Waals surface area (Å²) in [5, 5.41) is 19.0. The van der Waals surface area contributed by atoms with E-state index in [1.54, 1.807) is 11.3 Å². The average molecular weight is 463 g/mol. The minimum atomic E-state index is -0.149. The van der Waals surface area contributed by atoms with Gasteiger partial charge in [0.15, 0.2) is 0 Å². The van der Waals surface area contributed by atoms with Crippen LogP contribution in [0.2, 0.25) is 0 Å². The molecule has 0 atom stereocenters. The number of nitrogens with zero attached hydrogens (tertiary/aromatic N) is 3. The van der Waals surface area contributed by atoms with Crippen LogP contribution < -0.4 is 5.32 Å². The molecule has 0 saturated heterocycles. The van der Waals surface area contributed by atoms with Crippen molar-refractivity contribution in [3.8, 4) is 21.1 Å². The van der Waals surface area contributed by atoms with Crippen LogP contribution >= 0.6 is 49.9 Å². The number of anilines is 1. The highest BCUT2D eigenvalue weighted by atomic mass is 79.9. The molecule has 4 rings (SSSR count). The van der Waals surface area contributed by atoms with E-state index in [-0.39, 0.29) is 12.3 Å². The molecule has 0 bridgehead atoms. The summed E-state index contributed by atoms with van der Waals surface area (Å²) in [5.74, 6) is -0.149. The Morgan fingerprint density at radius 1 is 1.12 bits per heavy atom. The molecule has 1 N–H and O–H groups in total. The van der Waals surface area contributed by atoms with E-state index in [0.717, 1.165) is 31.3 Å². The summed E-state index contributed by atoms with van der Waals surface area (Å²) in [6.07, 6.45) is 0.206. The fraction of sp³-hybridized carbons (Fsp3) is 0.0588. The molecule has 0 aliphatic carbocycles. The Morgan fingerprint density at radius 2 is 2.04 bits per heavy atom. The summed E-state index contributed by atoms with van der Waals surface area (Å²) >= 11 is 7.95. The van der Waals surface area contributed by atoms with Gasteiger partial charge in [-0.25, -0.2) is 4.98 Å². The van der Waals surface area contributed by atoms with Crippen LogP contribution in [-0.4, -0.2) is 21.1 Å². The number of thiophene rings is 1. The molecule has 0 saturated carbocycles. The maximum absolute atomic E-state index is 12.3. The summed E-state index contributed by atoms with van der Waals surface area (Å²) in [4.78, 5) is 16.8. The number of rotatable bonds is 5. The van der Waals surface area contributed by atoms with Gasteiger partial charge in [0, 0.05) is 26.4 Å². The number of aromatic nitrogens is 3.